The summed E-state index contributed by atoms with van der Waals surface area (Å²) in [5.74, 6) is 5.35. The fourth-order valence-electron chi connectivity index (χ4n) is 0.930. The highest BCUT2D eigenvalue weighted by atomic mass is 16.5. The molecule has 0 aliphatic heterocycles. The van der Waals surface area contributed by atoms with E-state index in [0.717, 1.165) is 6.42 Å². The predicted octanol–water partition coefficient (Wildman–Crippen LogP) is -1.06. The lowest BCUT2D eigenvalue weighted by atomic mass is 9.93. The Labute approximate surface area is 102 Å². The van der Waals surface area contributed by atoms with Crippen LogP contribution < -0.4 is 22.3 Å². The Hall–Kier alpha value is -1.34. The van der Waals surface area contributed by atoms with Crippen LogP contribution in [0.1, 0.15) is 20.3 Å². The first kappa shape index (κ1) is 15.7. The van der Waals surface area contributed by atoms with Gasteiger partial charge in [-0.3, -0.25) is 15.2 Å². The van der Waals surface area contributed by atoms with Crippen LogP contribution in [0.4, 0.5) is 0 Å². The number of hydrazine groups is 1. The molecule has 0 aliphatic rings. The number of nitrogens with two attached hydrogens (primary N) is 2. The third-order valence-corrected chi connectivity index (χ3v) is 2.25. The van der Waals surface area contributed by atoms with Crippen molar-refractivity contribution in [2.75, 3.05) is 26.8 Å². The summed E-state index contributed by atoms with van der Waals surface area (Å²) in [5, 5.41) is 3.00. The molecule has 7 heteroatoms. The molecule has 0 heterocycles. The first-order chi connectivity index (χ1) is 7.94. The van der Waals surface area contributed by atoms with Crippen LogP contribution in [0, 0.1) is 5.41 Å². The number of amides is 1. The van der Waals surface area contributed by atoms with Crippen LogP contribution in [-0.2, 0) is 9.53 Å². The predicted molar refractivity (Wildman–Crippen MR) is 67.1 cm³/mol. The van der Waals surface area contributed by atoms with Gasteiger partial charge in [0.1, 0.15) is 0 Å². The fourth-order valence-corrected chi connectivity index (χ4v) is 0.930. The van der Waals surface area contributed by atoms with Gasteiger partial charge in [0.25, 0.3) is 0 Å². The summed E-state index contributed by atoms with van der Waals surface area (Å²) in [6.45, 7) is 5.10. The highest BCUT2D eigenvalue weighted by Crippen LogP contribution is 2.13. The van der Waals surface area contributed by atoms with E-state index in [0.29, 0.717) is 19.1 Å². The standard InChI is InChI=1S/C10H23N5O2/c1-10(2,8(11)16)7-14-9(15-12)13-5-4-6-17-3/h4-7,12H2,1-3H3,(H2,11,16)(H2,13,14,15). The summed E-state index contributed by atoms with van der Waals surface area (Å²) >= 11 is 0. The monoisotopic (exact) mass is 245 g/mol. The van der Waals surface area contributed by atoms with Crippen LogP contribution in [0.15, 0.2) is 4.99 Å². The van der Waals surface area contributed by atoms with E-state index in [-0.39, 0.29) is 6.54 Å². The zero-order chi connectivity index (χ0) is 13.3. The number of methoxy groups -OCH3 is 1. The second-order valence-corrected chi connectivity index (χ2v) is 4.33. The highest BCUT2D eigenvalue weighted by Gasteiger charge is 2.24. The molecular weight excluding hydrogens is 222 g/mol. The van der Waals surface area contributed by atoms with Crippen LogP contribution in [0.25, 0.3) is 0 Å². The molecule has 0 aromatic carbocycles. The molecule has 6 N–H and O–H groups in total. The first-order valence-corrected chi connectivity index (χ1v) is 5.48. The van der Waals surface area contributed by atoms with Gasteiger partial charge >= 0.3 is 0 Å². The van der Waals surface area contributed by atoms with Gasteiger partial charge in [0.05, 0.1) is 12.0 Å². The average molecular weight is 245 g/mol. The summed E-state index contributed by atoms with van der Waals surface area (Å²) in [5.41, 5.74) is 6.99. The Bertz CT molecular complexity index is 265. The molecule has 1 amide bonds. The molecule has 7 nitrogen and oxygen atoms in total. The van der Waals surface area contributed by atoms with Gasteiger partial charge in [0.2, 0.25) is 11.9 Å². The number of nitrogens with zero attached hydrogens (tertiary/aromatic N) is 1. The maximum atomic E-state index is 11.1. The fraction of sp³-hybridized carbons (Fsp3) is 0.800. The van der Waals surface area contributed by atoms with Gasteiger partial charge < -0.3 is 15.8 Å². The lowest BCUT2D eigenvalue weighted by molar-refractivity contribution is -0.125. The quantitative estimate of drug-likeness (QED) is 0.150. The molecule has 0 fully saturated rings. The maximum absolute atomic E-state index is 11.1. The van der Waals surface area contributed by atoms with E-state index in [9.17, 15) is 4.79 Å². The van der Waals surface area contributed by atoms with Crippen LogP contribution in [0.2, 0.25) is 0 Å². The number of primary amides is 1. The van der Waals surface area contributed by atoms with Crippen molar-refractivity contribution in [3.8, 4) is 0 Å². The lowest BCUT2D eigenvalue weighted by Gasteiger charge is -2.18. The SMILES string of the molecule is COCCCNC(=NCC(C)(C)C(N)=O)NN. The van der Waals surface area contributed by atoms with Crippen LogP contribution >= 0.6 is 0 Å². The second-order valence-electron chi connectivity index (χ2n) is 4.33. The molecule has 0 radical (unpaired) electrons. The Balaban J connectivity index is 4.13. The molecule has 0 saturated carbocycles. The minimum Gasteiger partial charge on any atom is -0.385 e. The number of ether oxygens (including phenoxy) is 1. The Kier molecular flexibility index (Phi) is 7.24. The molecule has 0 unspecified atom stereocenters. The van der Waals surface area contributed by atoms with E-state index >= 15 is 0 Å². The molecule has 0 aromatic rings. The van der Waals surface area contributed by atoms with Crippen molar-refractivity contribution in [2.24, 2.45) is 22.0 Å². The number of guanidine groups is 1. The van der Waals surface area contributed by atoms with E-state index in [4.69, 9.17) is 16.3 Å². The number of hydrogen-bond donors (Lipinski definition) is 4. The third kappa shape index (κ3) is 6.75. The van der Waals surface area contributed by atoms with E-state index in [1.807, 2.05) is 0 Å². The summed E-state index contributed by atoms with van der Waals surface area (Å²) in [6.07, 6.45) is 0.844. The van der Waals surface area contributed by atoms with Gasteiger partial charge in [0.15, 0.2) is 0 Å². The molecule has 0 rings (SSSR count). The van der Waals surface area contributed by atoms with E-state index in [1.54, 1.807) is 21.0 Å². The number of hydrogen-bond acceptors (Lipinski definition) is 4. The van der Waals surface area contributed by atoms with Crippen molar-refractivity contribution in [2.45, 2.75) is 20.3 Å². The zero-order valence-corrected chi connectivity index (χ0v) is 10.7. The van der Waals surface area contributed by atoms with Gasteiger partial charge in [-0.15, -0.1) is 0 Å². The molecule has 0 spiro atoms. The average Bonchev–Trinajstić information content (AvgIpc) is 2.28. The van der Waals surface area contributed by atoms with Crippen molar-refractivity contribution in [1.29, 1.82) is 0 Å². The summed E-state index contributed by atoms with van der Waals surface area (Å²) in [7, 11) is 1.64. The normalized spacial score (nSPS) is 12.4. The lowest BCUT2D eigenvalue weighted by Crippen LogP contribution is -2.43. The third-order valence-electron chi connectivity index (χ3n) is 2.25. The van der Waals surface area contributed by atoms with Crippen LogP contribution in [0.3, 0.4) is 0 Å². The van der Waals surface area contributed by atoms with Gasteiger partial charge in [-0.1, -0.05) is 0 Å². The Morgan fingerprint density at radius 1 is 1.47 bits per heavy atom. The van der Waals surface area contributed by atoms with E-state index in [2.05, 4.69) is 15.7 Å². The van der Waals surface area contributed by atoms with Gasteiger partial charge in [-0.2, -0.15) is 0 Å². The molecule has 0 aliphatic carbocycles. The van der Waals surface area contributed by atoms with Crippen molar-refractivity contribution < 1.29 is 9.53 Å². The second kappa shape index (κ2) is 7.86. The molecule has 100 valence electrons. The van der Waals surface area contributed by atoms with Crippen molar-refractivity contribution in [1.82, 2.24) is 10.7 Å². The maximum Gasteiger partial charge on any atom is 0.224 e. The minimum absolute atomic E-state index is 0.277. The van der Waals surface area contributed by atoms with Gasteiger partial charge in [0, 0.05) is 20.3 Å². The van der Waals surface area contributed by atoms with E-state index in [1.165, 1.54) is 0 Å². The summed E-state index contributed by atoms with van der Waals surface area (Å²) in [6, 6.07) is 0. The van der Waals surface area contributed by atoms with Crippen LogP contribution in [-0.4, -0.2) is 38.7 Å². The van der Waals surface area contributed by atoms with Crippen molar-refractivity contribution >= 4 is 11.9 Å². The van der Waals surface area contributed by atoms with E-state index < -0.39 is 11.3 Å². The zero-order valence-electron chi connectivity index (χ0n) is 10.7. The first-order valence-electron chi connectivity index (χ1n) is 5.48. The number of nitrogens with one attached hydrogen (secondary N) is 2. The summed E-state index contributed by atoms with van der Waals surface area (Å²) < 4.78 is 4.91. The minimum atomic E-state index is -0.684. The Morgan fingerprint density at radius 2 is 2.12 bits per heavy atom. The largest absolute Gasteiger partial charge is 0.385 e. The molecule has 0 bridgehead atoms. The molecule has 0 aromatic heterocycles. The molecule has 0 atom stereocenters. The molecular formula is C10H23N5O2. The summed E-state index contributed by atoms with van der Waals surface area (Å²) in [4.78, 5) is 15.2. The number of carbonyl (C=O) groups excluding carboxylic acids is 1. The van der Waals surface area contributed by atoms with Crippen molar-refractivity contribution in [3.63, 3.8) is 0 Å². The van der Waals surface area contributed by atoms with Crippen LogP contribution in [0.5, 0.6) is 0 Å². The van der Waals surface area contributed by atoms with Gasteiger partial charge in [-0.25, -0.2) is 5.84 Å². The number of rotatable bonds is 7. The Morgan fingerprint density at radius 3 is 2.59 bits per heavy atom. The molecule has 0 saturated heterocycles. The smallest absolute Gasteiger partial charge is 0.224 e. The van der Waals surface area contributed by atoms with Crippen molar-refractivity contribution in [3.05, 3.63) is 0 Å². The highest BCUT2D eigenvalue weighted by molar-refractivity contribution is 5.82. The van der Waals surface area contributed by atoms with Gasteiger partial charge in [-0.05, 0) is 20.3 Å². The number of aliphatic imine (C=N–C) groups is 1. The topological polar surface area (TPSA) is 115 Å². The molecule has 17 heavy (non-hydrogen) atoms. The number of carbonyl (C=O) groups is 1.